The molecular weight excluding hydrogens is 336 g/mol. The molecular formula is C18H22N4O4. The molecule has 0 radical (unpaired) electrons. The van der Waals surface area contributed by atoms with Crippen molar-refractivity contribution in [2.45, 2.75) is 32.6 Å². The van der Waals surface area contributed by atoms with Crippen molar-refractivity contribution in [2.24, 2.45) is 5.92 Å². The first-order valence-electron chi connectivity index (χ1n) is 8.54. The van der Waals surface area contributed by atoms with Gasteiger partial charge in [0, 0.05) is 19.5 Å². The number of aromatic nitrogens is 2. The van der Waals surface area contributed by atoms with Gasteiger partial charge in [-0.2, -0.15) is 4.98 Å². The fourth-order valence-electron chi connectivity index (χ4n) is 2.58. The van der Waals surface area contributed by atoms with Crippen LogP contribution < -0.4 is 5.32 Å². The van der Waals surface area contributed by atoms with Gasteiger partial charge in [0.05, 0.1) is 17.2 Å². The summed E-state index contributed by atoms with van der Waals surface area (Å²) in [5, 5.41) is 15.8. The number of anilines is 1. The zero-order chi connectivity index (χ0) is 18.8. The molecule has 1 saturated carbocycles. The quantitative estimate of drug-likeness (QED) is 0.821. The Balaban J connectivity index is 1.78. The van der Waals surface area contributed by atoms with Crippen molar-refractivity contribution in [1.29, 1.82) is 0 Å². The van der Waals surface area contributed by atoms with Crippen molar-refractivity contribution in [3.63, 3.8) is 0 Å². The van der Waals surface area contributed by atoms with Crippen molar-refractivity contribution in [1.82, 2.24) is 15.0 Å². The normalized spacial score (nSPS) is 14.7. The third-order valence-electron chi connectivity index (χ3n) is 4.35. The molecule has 1 aliphatic rings. The Morgan fingerprint density at radius 1 is 1.42 bits per heavy atom. The monoisotopic (exact) mass is 358 g/mol. The molecule has 1 fully saturated rings. The fourth-order valence-corrected chi connectivity index (χ4v) is 2.58. The molecule has 1 aromatic carbocycles. The van der Waals surface area contributed by atoms with Crippen LogP contribution in [0.1, 0.15) is 37.1 Å². The zero-order valence-electron chi connectivity index (χ0n) is 15.0. The molecule has 2 amide bonds. The second kappa shape index (κ2) is 7.15. The lowest BCUT2D eigenvalue weighted by Gasteiger charge is -2.20. The van der Waals surface area contributed by atoms with Crippen LogP contribution in [0, 0.1) is 12.8 Å². The first-order chi connectivity index (χ1) is 12.3. The van der Waals surface area contributed by atoms with E-state index in [1.807, 2.05) is 19.1 Å². The van der Waals surface area contributed by atoms with E-state index in [2.05, 4.69) is 15.5 Å². The summed E-state index contributed by atoms with van der Waals surface area (Å²) in [7, 11) is 1.56. The number of aliphatic carboxylic acids is 1. The van der Waals surface area contributed by atoms with Crippen LogP contribution in [0.3, 0.4) is 0 Å². The standard InChI is InChI=1S/C18H22N4O4/c1-10-4-7-14(19-18(25)22(3)9-11(2)17(23)24)13(8-10)16-20-15(21-26-16)12-5-6-12/h4,7-8,11-12H,5-6,9H2,1-3H3,(H,19,25)(H,23,24). The number of carboxylic acid groups (broad SMARTS) is 1. The molecule has 8 nitrogen and oxygen atoms in total. The van der Waals surface area contributed by atoms with Gasteiger partial charge in [-0.1, -0.05) is 23.7 Å². The molecule has 0 spiro atoms. The highest BCUT2D eigenvalue weighted by Crippen LogP contribution is 2.39. The van der Waals surface area contributed by atoms with E-state index in [9.17, 15) is 9.59 Å². The number of benzene rings is 1. The SMILES string of the molecule is Cc1ccc(NC(=O)N(C)CC(C)C(=O)O)c(-c2nc(C3CC3)no2)c1. The van der Waals surface area contributed by atoms with Crippen LogP contribution in [0.2, 0.25) is 0 Å². The predicted molar refractivity (Wildman–Crippen MR) is 94.9 cm³/mol. The van der Waals surface area contributed by atoms with E-state index in [0.29, 0.717) is 28.9 Å². The molecule has 26 heavy (non-hydrogen) atoms. The smallest absolute Gasteiger partial charge is 0.321 e. The Morgan fingerprint density at radius 2 is 2.15 bits per heavy atom. The molecule has 1 aliphatic carbocycles. The fraction of sp³-hybridized carbons (Fsp3) is 0.444. The number of hydrogen-bond donors (Lipinski definition) is 2. The molecule has 0 aliphatic heterocycles. The third-order valence-corrected chi connectivity index (χ3v) is 4.35. The van der Waals surface area contributed by atoms with Crippen molar-refractivity contribution in [3.05, 3.63) is 29.6 Å². The molecule has 1 unspecified atom stereocenters. The van der Waals surface area contributed by atoms with Gasteiger partial charge in [0.25, 0.3) is 5.89 Å². The average Bonchev–Trinajstić information content (AvgIpc) is 3.33. The average molecular weight is 358 g/mol. The van der Waals surface area contributed by atoms with Crippen molar-refractivity contribution < 1.29 is 19.2 Å². The van der Waals surface area contributed by atoms with Crippen molar-refractivity contribution >= 4 is 17.7 Å². The number of carbonyl (C=O) groups is 2. The summed E-state index contributed by atoms with van der Waals surface area (Å²) in [5.41, 5.74) is 2.19. The lowest BCUT2D eigenvalue weighted by molar-refractivity contribution is -0.141. The molecule has 2 aromatic rings. The lowest BCUT2D eigenvalue weighted by atomic mass is 10.1. The van der Waals surface area contributed by atoms with Crippen LogP contribution in [0.4, 0.5) is 10.5 Å². The number of nitrogens with zero attached hydrogens (tertiary/aromatic N) is 3. The minimum atomic E-state index is -0.945. The van der Waals surface area contributed by atoms with E-state index in [4.69, 9.17) is 9.63 Å². The molecule has 3 rings (SSSR count). The van der Waals surface area contributed by atoms with Gasteiger partial charge in [-0.05, 0) is 31.9 Å². The van der Waals surface area contributed by atoms with Crippen molar-refractivity contribution in [2.75, 3.05) is 18.9 Å². The summed E-state index contributed by atoms with van der Waals surface area (Å²) < 4.78 is 5.38. The van der Waals surface area contributed by atoms with E-state index < -0.39 is 17.9 Å². The molecule has 1 heterocycles. The number of hydrogen-bond acceptors (Lipinski definition) is 5. The first-order valence-corrected chi connectivity index (χ1v) is 8.54. The van der Waals surface area contributed by atoms with Crippen LogP contribution in [0.5, 0.6) is 0 Å². The topological polar surface area (TPSA) is 109 Å². The van der Waals surface area contributed by atoms with Gasteiger partial charge in [0.1, 0.15) is 0 Å². The summed E-state index contributed by atoms with van der Waals surface area (Å²) in [6.07, 6.45) is 2.14. The minimum Gasteiger partial charge on any atom is -0.481 e. The first kappa shape index (κ1) is 17.9. The van der Waals surface area contributed by atoms with Gasteiger partial charge in [-0.25, -0.2) is 4.79 Å². The molecule has 138 valence electrons. The van der Waals surface area contributed by atoms with E-state index in [1.54, 1.807) is 20.0 Å². The molecule has 0 saturated heterocycles. The van der Waals surface area contributed by atoms with Crippen LogP contribution in [0.15, 0.2) is 22.7 Å². The van der Waals surface area contributed by atoms with Gasteiger partial charge < -0.3 is 19.8 Å². The zero-order valence-corrected chi connectivity index (χ0v) is 15.0. The molecule has 1 aromatic heterocycles. The van der Waals surface area contributed by atoms with Gasteiger partial charge in [-0.15, -0.1) is 0 Å². The van der Waals surface area contributed by atoms with E-state index in [0.717, 1.165) is 18.4 Å². The van der Waals surface area contributed by atoms with Gasteiger partial charge in [-0.3, -0.25) is 4.79 Å². The minimum absolute atomic E-state index is 0.106. The summed E-state index contributed by atoms with van der Waals surface area (Å²) in [6, 6.07) is 5.12. The summed E-state index contributed by atoms with van der Waals surface area (Å²) in [6.45, 7) is 3.60. The van der Waals surface area contributed by atoms with Crippen LogP contribution in [-0.2, 0) is 4.79 Å². The number of urea groups is 1. The number of carbonyl (C=O) groups excluding carboxylic acids is 1. The summed E-state index contributed by atoms with van der Waals surface area (Å²) in [5.74, 6) is -0.156. The second-order valence-corrected chi connectivity index (χ2v) is 6.83. The Bertz CT molecular complexity index is 828. The molecule has 0 bridgehead atoms. The predicted octanol–water partition coefficient (Wildman–Crippen LogP) is 3.11. The Hall–Kier alpha value is -2.90. The van der Waals surface area contributed by atoms with E-state index >= 15 is 0 Å². The van der Waals surface area contributed by atoms with Crippen LogP contribution >= 0.6 is 0 Å². The molecule has 8 heteroatoms. The molecule has 2 N–H and O–H groups in total. The number of nitrogens with one attached hydrogen (secondary N) is 1. The summed E-state index contributed by atoms with van der Waals surface area (Å²) in [4.78, 5) is 29.2. The van der Waals surface area contributed by atoms with Crippen LogP contribution in [-0.4, -0.2) is 45.7 Å². The Labute approximate surface area is 151 Å². The lowest BCUT2D eigenvalue weighted by Crippen LogP contribution is -2.36. The Kier molecular flexibility index (Phi) is 4.92. The van der Waals surface area contributed by atoms with E-state index in [-0.39, 0.29) is 6.54 Å². The maximum Gasteiger partial charge on any atom is 0.321 e. The van der Waals surface area contributed by atoms with E-state index in [1.165, 1.54) is 4.90 Å². The van der Waals surface area contributed by atoms with Crippen molar-refractivity contribution in [3.8, 4) is 11.5 Å². The number of amides is 2. The Morgan fingerprint density at radius 3 is 2.81 bits per heavy atom. The second-order valence-electron chi connectivity index (χ2n) is 6.83. The maximum absolute atomic E-state index is 12.4. The maximum atomic E-state index is 12.4. The van der Waals surface area contributed by atoms with Crippen LogP contribution in [0.25, 0.3) is 11.5 Å². The van der Waals surface area contributed by atoms with Gasteiger partial charge in [0.2, 0.25) is 0 Å². The van der Waals surface area contributed by atoms with Gasteiger partial charge in [0.15, 0.2) is 5.82 Å². The number of aryl methyl sites for hydroxylation is 1. The number of rotatable bonds is 6. The number of carboxylic acids is 1. The highest BCUT2D eigenvalue weighted by Gasteiger charge is 2.29. The highest BCUT2D eigenvalue weighted by molar-refractivity contribution is 5.93. The summed E-state index contributed by atoms with van der Waals surface area (Å²) >= 11 is 0. The third kappa shape index (κ3) is 4.01. The molecule has 1 atom stereocenters. The highest BCUT2D eigenvalue weighted by atomic mass is 16.5. The van der Waals surface area contributed by atoms with Gasteiger partial charge >= 0.3 is 12.0 Å². The largest absolute Gasteiger partial charge is 0.481 e.